The number of benzene rings is 3. The van der Waals surface area contributed by atoms with Crippen molar-refractivity contribution in [3.05, 3.63) is 93.7 Å². The highest BCUT2D eigenvalue weighted by molar-refractivity contribution is 6.03. The molecule has 1 heterocycles. The number of anilines is 1. The summed E-state index contributed by atoms with van der Waals surface area (Å²) in [7, 11) is 1.58. The Bertz CT molecular complexity index is 1340. The minimum Gasteiger partial charge on any atom is -0.497 e. The SMILES string of the molecule is COc1ccc(-c2cc(C(=O)Nc3cc(Oc4cc(C)cc(C)c4)cc([N+](=O)[O-])c3)[nH]n2)cc1. The Kier molecular flexibility index (Phi) is 6.26. The lowest BCUT2D eigenvalue weighted by molar-refractivity contribution is -0.384. The van der Waals surface area contributed by atoms with Gasteiger partial charge in [-0.1, -0.05) is 6.07 Å². The maximum atomic E-state index is 12.8. The molecule has 1 amide bonds. The molecule has 9 heteroatoms. The Hall–Kier alpha value is -4.66. The molecule has 3 aromatic carbocycles. The molecule has 0 unspecified atom stereocenters. The number of amides is 1. The molecule has 2 N–H and O–H groups in total. The van der Waals surface area contributed by atoms with E-state index in [1.54, 1.807) is 25.3 Å². The Labute approximate surface area is 195 Å². The molecule has 4 aromatic rings. The van der Waals surface area contributed by atoms with E-state index in [0.717, 1.165) is 16.7 Å². The van der Waals surface area contributed by atoms with E-state index in [1.807, 2.05) is 44.2 Å². The highest BCUT2D eigenvalue weighted by Crippen LogP contribution is 2.31. The van der Waals surface area contributed by atoms with Gasteiger partial charge in [0.25, 0.3) is 11.6 Å². The summed E-state index contributed by atoms with van der Waals surface area (Å²) in [6, 6.07) is 18.6. The van der Waals surface area contributed by atoms with Crippen LogP contribution in [0.4, 0.5) is 11.4 Å². The van der Waals surface area contributed by atoms with Crippen LogP contribution in [0.5, 0.6) is 17.2 Å². The zero-order chi connectivity index (χ0) is 24.2. The van der Waals surface area contributed by atoms with Crippen molar-refractivity contribution in [2.45, 2.75) is 13.8 Å². The molecular weight excluding hydrogens is 436 g/mol. The second-order valence-electron chi connectivity index (χ2n) is 7.75. The number of nitrogens with zero attached hydrogens (tertiary/aromatic N) is 2. The van der Waals surface area contributed by atoms with Crippen molar-refractivity contribution in [1.82, 2.24) is 10.2 Å². The molecule has 0 radical (unpaired) electrons. The topological polar surface area (TPSA) is 119 Å². The Morgan fingerprint density at radius 3 is 2.26 bits per heavy atom. The number of nitro benzene ring substituents is 1. The van der Waals surface area contributed by atoms with E-state index in [4.69, 9.17) is 9.47 Å². The van der Waals surface area contributed by atoms with Gasteiger partial charge in [-0.15, -0.1) is 0 Å². The molecule has 4 rings (SSSR count). The molecule has 0 spiro atoms. The van der Waals surface area contributed by atoms with Gasteiger partial charge in [-0.2, -0.15) is 5.10 Å². The first kappa shape index (κ1) is 22.5. The lowest BCUT2D eigenvalue weighted by atomic mass is 10.1. The minimum absolute atomic E-state index is 0.203. The second kappa shape index (κ2) is 9.45. The van der Waals surface area contributed by atoms with Crippen LogP contribution in [0.25, 0.3) is 11.3 Å². The van der Waals surface area contributed by atoms with Crippen LogP contribution in [-0.4, -0.2) is 28.1 Å². The number of methoxy groups -OCH3 is 1. The van der Waals surface area contributed by atoms with E-state index in [0.29, 0.717) is 17.2 Å². The third-order valence-electron chi connectivity index (χ3n) is 5.00. The number of nitrogens with one attached hydrogen (secondary N) is 2. The van der Waals surface area contributed by atoms with Gasteiger partial charge in [0.1, 0.15) is 22.9 Å². The fourth-order valence-corrected chi connectivity index (χ4v) is 3.49. The van der Waals surface area contributed by atoms with E-state index in [2.05, 4.69) is 15.5 Å². The number of carbonyl (C=O) groups is 1. The maximum absolute atomic E-state index is 12.8. The first-order valence-electron chi connectivity index (χ1n) is 10.4. The Balaban J connectivity index is 1.56. The van der Waals surface area contributed by atoms with Crippen molar-refractivity contribution >= 4 is 17.3 Å². The van der Waals surface area contributed by atoms with Crippen molar-refractivity contribution in [3.63, 3.8) is 0 Å². The summed E-state index contributed by atoms with van der Waals surface area (Å²) in [4.78, 5) is 23.7. The van der Waals surface area contributed by atoms with Crippen LogP contribution < -0.4 is 14.8 Å². The summed E-state index contributed by atoms with van der Waals surface area (Å²) in [6.07, 6.45) is 0. The number of nitro groups is 1. The lowest BCUT2D eigenvalue weighted by Crippen LogP contribution is -2.12. The molecule has 34 heavy (non-hydrogen) atoms. The molecule has 0 bridgehead atoms. The van der Waals surface area contributed by atoms with E-state index in [-0.39, 0.29) is 22.8 Å². The van der Waals surface area contributed by atoms with Gasteiger partial charge in [0.2, 0.25) is 0 Å². The molecule has 0 aliphatic rings. The van der Waals surface area contributed by atoms with Crippen molar-refractivity contribution in [2.24, 2.45) is 0 Å². The fraction of sp³-hybridized carbons (Fsp3) is 0.120. The van der Waals surface area contributed by atoms with Crippen LogP contribution >= 0.6 is 0 Å². The van der Waals surface area contributed by atoms with Gasteiger partial charge >= 0.3 is 0 Å². The van der Waals surface area contributed by atoms with Gasteiger partial charge in [0.15, 0.2) is 0 Å². The molecule has 0 atom stereocenters. The van der Waals surface area contributed by atoms with Crippen LogP contribution in [0.1, 0.15) is 21.6 Å². The first-order chi connectivity index (χ1) is 16.3. The smallest absolute Gasteiger partial charge is 0.275 e. The zero-order valence-electron chi connectivity index (χ0n) is 18.8. The van der Waals surface area contributed by atoms with E-state index in [1.165, 1.54) is 18.2 Å². The highest BCUT2D eigenvalue weighted by Gasteiger charge is 2.16. The number of rotatable bonds is 7. The number of aromatic amines is 1. The third kappa shape index (κ3) is 5.21. The van der Waals surface area contributed by atoms with Crippen LogP contribution in [0, 0.1) is 24.0 Å². The summed E-state index contributed by atoms with van der Waals surface area (Å²) in [5.74, 6) is 0.998. The molecule has 0 fully saturated rings. The van der Waals surface area contributed by atoms with Gasteiger partial charge in [-0.3, -0.25) is 20.0 Å². The molecule has 0 aliphatic heterocycles. The number of aromatic nitrogens is 2. The summed E-state index contributed by atoms with van der Waals surface area (Å²) < 4.78 is 11.0. The molecule has 1 aromatic heterocycles. The van der Waals surface area contributed by atoms with Gasteiger partial charge in [0.05, 0.1) is 29.5 Å². The second-order valence-corrected chi connectivity index (χ2v) is 7.75. The molecular formula is C25H22N4O5. The predicted octanol–water partition coefficient (Wildman–Crippen LogP) is 5.65. The largest absolute Gasteiger partial charge is 0.497 e. The maximum Gasteiger partial charge on any atom is 0.275 e. The molecule has 9 nitrogen and oxygen atoms in total. The number of non-ortho nitro benzene ring substituents is 1. The van der Waals surface area contributed by atoms with Crippen molar-refractivity contribution < 1.29 is 19.2 Å². The van der Waals surface area contributed by atoms with E-state index >= 15 is 0 Å². The number of hydrogen-bond donors (Lipinski definition) is 2. The minimum atomic E-state index is -0.540. The average Bonchev–Trinajstić information content (AvgIpc) is 3.29. The normalized spacial score (nSPS) is 10.6. The third-order valence-corrected chi connectivity index (χ3v) is 5.00. The lowest BCUT2D eigenvalue weighted by Gasteiger charge is -2.10. The van der Waals surface area contributed by atoms with Crippen LogP contribution in [-0.2, 0) is 0 Å². The van der Waals surface area contributed by atoms with Gasteiger partial charge < -0.3 is 14.8 Å². The summed E-state index contributed by atoms with van der Waals surface area (Å²) in [5.41, 5.74) is 3.59. The number of hydrogen-bond acceptors (Lipinski definition) is 6. The Morgan fingerprint density at radius 2 is 1.62 bits per heavy atom. The van der Waals surface area contributed by atoms with Gasteiger partial charge in [0, 0.05) is 17.7 Å². The number of aryl methyl sites for hydroxylation is 2. The number of H-pyrrole nitrogens is 1. The predicted molar refractivity (Wildman–Crippen MR) is 128 cm³/mol. The van der Waals surface area contributed by atoms with Gasteiger partial charge in [-0.25, -0.2) is 0 Å². The molecule has 0 saturated carbocycles. The summed E-state index contributed by atoms with van der Waals surface area (Å²) >= 11 is 0. The standard InChI is InChI=1S/C25H22N4O5/c1-15-8-16(2)10-21(9-15)34-22-12-18(11-19(13-22)29(31)32)26-25(30)24-14-23(27-28-24)17-4-6-20(33-3)7-5-17/h4-14H,1-3H3,(H,26,30)(H,27,28). The highest BCUT2D eigenvalue weighted by atomic mass is 16.6. The number of ether oxygens (including phenoxy) is 2. The van der Waals surface area contributed by atoms with E-state index in [9.17, 15) is 14.9 Å². The van der Waals surface area contributed by atoms with Crippen LogP contribution in [0.15, 0.2) is 66.7 Å². The Morgan fingerprint density at radius 1 is 0.941 bits per heavy atom. The average molecular weight is 458 g/mol. The number of carbonyl (C=O) groups excluding carboxylic acids is 1. The molecule has 172 valence electrons. The zero-order valence-corrected chi connectivity index (χ0v) is 18.8. The van der Waals surface area contributed by atoms with Crippen molar-refractivity contribution in [3.8, 4) is 28.5 Å². The van der Waals surface area contributed by atoms with Crippen LogP contribution in [0.3, 0.4) is 0 Å². The van der Waals surface area contributed by atoms with Crippen molar-refractivity contribution in [1.29, 1.82) is 0 Å². The fourth-order valence-electron chi connectivity index (χ4n) is 3.49. The monoisotopic (exact) mass is 458 g/mol. The first-order valence-corrected chi connectivity index (χ1v) is 10.4. The van der Waals surface area contributed by atoms with Crippen LogP contribution in [0.2, 0.25) is 0 Å². The molecule has 0 aliphatic carbocycles. The summed E-state index contributed by atoms with van der Waals surface area (Å²) in [6.45, 7) is 3.87. The quantitative estimate of drug-likeness (QED) is 0.273. The van der Waals surface area contributed by atoms with Crippen molar-refractivity contribution in [2.75, 3.05) is 12.4 Å². The van der Waals surface area contributed by atoms with Gasteiger partial charge in [-0.05, 0) is 67.4 Å². The summed E-state index contributed by atoms with van der Waals surface area (Å²) in [5, 5.41) is 21.0. The molecule has 0 saturated heterocycles. The van der Waals surface area contributed by atoms with E-state index < -0.39 is 10.8 Å².